The van der Waals surface area contributed by atoms with Gasteiger partial charge in [0.2, 0.25) is 19.3 Å². The molecule has 2 aromatic carbocycles. The van der Waals surface area contributed by atoms with Gasteiger partial charge in [-0.3, -0.25) is 9.80 Å². The summed E-state index contributed by atoms with van der Waals surface area (Å²) < 4.78 is 27.3. The Balaban J connectivity index is 1.18. The Hall–Kier alpha value is -2.64. The largest absolute Gasteiger partial charge is 0.493 e. The molecular formula is C21H24N2O5. The number of fused-ring (bicyclic) bond motifs is 2. The van der Waals surface area contributed by atoms with Gasteiger partial charge in [-0.05, 0) is 35.4 Å². The molecule has 0 radical (unpaired) electrons. The Kier molecular flexibility index (Phi) is 4.62. The Morgan fingerprint density at radius 2 is 1.39 bits per heavy atom. The summed E-state index contributed by atoms with van der Waals surface area (Å²) in [5.41, 5.74) is 2.45. The van der Waals surface area contributed by atoms with E-state index in [-0.39, 0.29) is 6.79 Å². The molecule has 5 rings (SSSR count). The van der Waals surface area contributed by atoms with Crippen molar-refractivity contribution < 1.29 is 23.7 Å². The first kappa shape index (κ1) is 17.5. The lowest BCUT2D eigenvalue weighted by molar-refractivity contribution is 0.122. The third kappa shape index (κ3) is 3.43. The molecule has 0 spiro atoms. The van der Waals surface area contributed by atoms with Gasteiger partial charge in [-0.25, -0.2) is 0 Å². The van der Waals surface area contributed by atoms with Crippen LogP contribution >= 0.6 is 0 Å². The van der Waals surface area contributed by atoms with Crippen LogP contribution in [-0.4, -0.2) is 56.7 Å². The molecule has 1 fully saturated rings. The lowest BCUT2D eigenvalue weighted by Crippen LogP contribution is -2.45. The second-order valence-electron chi connectivity index (χ2n) is 7.27. The maximum Gasteiger partial charge on any atom is 0.231 e. The van der Waals surface area contributed by atoms with Gasteiger partial charge in [0.25, 0.3) is 0 Å². The van der Waals surface area contributed by atoms with Crippen LogP contribution in [0, 0.1) is 0 Å². The SMILES string of the molecule is COc1cc(CN2CCN(Cc3ccc4c(c3)OCO4)CC2)cc2c1OCO2. The molecule has 3 aliphatic heterocycles. The highest BCUT2D eigenvalue weighted by Gasteiger charge is 2.23. The van der Waals surface area contributed by atoms with Gasteiger partial charge in [-0.1, -0.05) is 6.07 Å². The predicted octanol–water partition coefficient (Wildman–Crippen LogP) is 2.47. The van der Waals surface area contributed by atoms with Crippen LogP contribution in [0.15, 0.2) is 30.3 Å². The Labute approximate surface area is 164 Å². The summed E-state index contributed by atoms with van der Waals surface area (Å²) in [5.74, 6) is 3.92. The molecule has 3 heterocycles. The first-order chi connectivity index (χ1) is 13.8. The van der Waals surface area contributed by atoms with E-state index in [2.05, 4.69) is 28.0 Å². The van der Waals surface area contributed by atoms with Gasteiger partial charge in [-0.2, -0.15) is 0 Å². The van der Waals surface area contributed by atoms with Crippen LogP contribution in [-0.2, 0) is 13.1 Å². The fourth-order valence-electron chi connectivity index (χ4n) is 3.94. The van der Waals surface area contributed by atoms with Crippen LogP contribution in [0.4, 0.5) is 0 Å². The molecule has 148 valence electrons. The lowest BCUT2D eigenvalue weighted by Gasteiger charge is -2.34. The summed E-state index contributed by atoms with van der Waals surface area (Å²) in [7, 11) is 1.66. The molecule has 0 aliphatic carbocycles. The van der Waals surface area contributed by atoms with Crippen molar-refractivity contribution >= 4 is 0 Å². The first-order valence-electron chi connectivity index (χ1n) is 9.58. The summed E-state index contributed by atoms with van der Waals surface area (Å²) in [4.78, 5) is 4.95. The van der Waals surface area contributed by atoms with E-state index < -0.39 is 0 Å². The highest BCUT2D eigenvalue weighted by Crippen LogP contribution is 2.42. The number of ether oxygens (including phenoxy) is 5. The molecule has 0 unspecified atom stereocenters. The van der Waals surface area contributed by atoms with Crippen LogP contribution in [0.25, 0.3) is 0 Å². The van der Waals surface area contributed by atoms with Crippen LogP contribution in [0.5, 0.6) is 28.7 Å². The van der Waals surface area contributed by atoms with E-state index in [1.165, 1.54) is 11.1 Å². The van der Waals surface area contributed by atoms with Gasteiger partial charge in [-0.15, -0.1) is 0 Å². The quantitative estimate of drug-likeness (QED) is 0.785. The van der Waals surface area contributed by atoms with E-state index in [4.69, 9.17) is 23.7 Å². The highest BCUT2D eigenvalue weighted by atomic mass is 16.7. The standard InChI is InChI=1S/C21H24N2O5/c1-24-19-9-16(10-20-21(19)28-14-27-20)12-23-6-4-22(5-7-23)11-15-2-3-17-18(8-15)26-13-25-17/h2-3,8-10H,4-7,11-14H2,1H3. The van der Waals surface area contributed by atoms with Crippen LogP contribution in [0.3, 0.4) is 0 Å². The maximum atomic E-state index is 5.54. The molecule has 0 bridgehead atoms. The molecule has 1 saturated heterocycles. The van der Waals surface area contributed by atoms with Crippen molar-refractivity contribution in [1.29, 1.82) is 0 Å². The van der Waals surface area contributed by atoms with E-state index in [1.54, 1.807) is 7.11 Å². The summed E-state index contributed by atoms with van der Waals surface area (Å²) in [6.45, 7) is 6.53. The van der Waals surface area contributed by atoms with Gasteiger partial charge < -0.3 is 23.7 Å². The number of methoxy groups -OCH3 is 1. The summed E-state index contributed by atoms with van der Waals surface area (Å²) in [5, 5.41) is 0. The van der Waals surface area contributed by atoms with Crippen LogP contribution in [0.1, 0.15) is 11.1 Å². The predicted molar refractivity (Wildman–Crippen MR) is 102 cm³/mol. The monoisotopic (exact) mass is 384 g/mol. The van der Waals surface area contributed by atoms with Crippen molar-refractivity contribution in [2.75, 3.05) is 46.9 Å². The zero-order valence-corrected chi connectivity index (χ0v) is 16.0. The van der Waals surface area contributed by atoms with Gasteiger partial charge in [0, 0.05) is 39.3 Å². The lowest BCUT2D eigenvalue weighted by atomic mass is 10.1. The zero-order chi connectivity index (χ0) is 18.9. The van der Waals surface area contributed by atoms with Crippen LogP contribution in [0.2, 0.25) is 0 Å². The van der Waals surface area contributed by atoms with Gasteiger partial charge in [0.1, 0.15) is 0 Å². The van der Waals surface area contributed by atoms with E-state index in [9.17, 15) is 0 Å². The van der Waals surface area contributed by atoms with E-state index >= 15 is 0 Å². The Morgan fingerprint density at radius 3 is 2.18 bits per heavy atom. The number of benzene rings is 2. The zero-order valence-electron chi connectivity index (χ0n) is 16.0. The Bertz CT molecular complexity index is 864. The summed E-state index contributed by atoms with van der Waals surface area (Å²) >= 11 is 0. The second-order valence-corrected chi connectivity index (χ2v) is 7.27. The molecule has 3 aliphatic rings. The third-order valence-corrected chi connectivity index (χ3v) is 5.43. The van der Waals surface area contributed by atoms with E-state index in [1.807, 2.05) is 12.1 Å². The molecule has 7 heteroatoms. The maximum absolute atomic E-state index is 5.54. The van der Waals surface area contributed by atoms with Crippen LogP contribution < -0.4 is 23.7 Å². The van der Waals surface area contributed by atoms with Gasteiger partial charge in [0.15, 0.2) is 23.0 Å². The molecule has 0 N–H and O–H groups in total. The molecule has 7 nitrogen and oxygen atoms in total. The van der Waals surface area contributed by atoms with E-state index in [0.717, 1.165) is 62.3 Å². The fraction of sp³-hybridized carbons (Fsp3) is 0.429. The minimum Gasteiger partial charge on any atom is -0.493 e. The molecule has 0 amide bonds. The molecule has 0 atom stereocenters. The summed E-state index contributed by atoms with van der Waals surface area (Å²) in [6, 6.07) is 10.3. The number of rotatable bonds is 5. The number of nitrogens with zero attached hydrogens (tertiary/aromatic N) is 2. The van der Waals surface area contributed by atoms with E-state index in [0.29, 0.717) is 12.5 Å². The van der Waals surface area contributed by atoms with Gasteiger partial charge in [0.05, 0.1) is 7.11 Å². The van der Waals surface area contributed by atoms with Crippen molar-refractivity contribution in [1.82, 2.24) is 9.80 Å². The van der Waals surface area contributed by atoms with Crippen molar-refractivity contribution in [2.45, 2.75) is 13.1 Å². The number of piperazine rings is 1. The smallest absolute Gasteiger partial charge is 0.231 e. The third-order valence-electron chi connectivity index (χ3n) is 5.43. The molecule has 0 saturated carbocycles. The Morgan fingerprint density at radius 1 is 0.750 bits per heavy atom. The topological polar surface area (TPSA) is 52.6 Å². The average Bonchev–Trinajstić information content (AvgIpc) is 3.37. The van der Waals surface area contributed by atoms with Crippen molar-refractivity contribution in [3.8, 4) is 28.7 Å². The minimum absolute atomic E-state index is 0.258. The van der Waals surface area contributed by atoms with Gasteiger partial charge >= 0.3 is 0 Å². The number of hydrogen-bond acceptors (Lipinski definition) is 7. The fourth-order valence-corrected chi connectivity index (χ4v) is 3.94. The van der Waals surface area contributed by atoms with Crippen molar-refractivity contribution in [2.24, 2.45) is 0 Å². The number of hydrogen-bond donors (Lipinski definition) is 0. The normalized spacial score (nSPS) is 18.5. The minimum atomic E-state index is 0.258. The molecule has 2 aromatic rings. The summed E-state index contributed by atoms with van der Waals surface area (Å²) in [6.07, 6.45) is 0. The first-order valence-corrected chi connectivity index (χ1v) is 9.58. The second kappa shape index (κ2) is 7.41. The average molecular weight is 384 g/mol. The highest BCUT2D eigenvalue weighted by molar-refractivity contribution is 5.55. The molecule has 0 aromatic heterocycles. The van der Waals surface area contributed by atoms with Crippen molar-refractivity contribution in [3.63, 3.8) is 0 Å². The molecular weight excluding hydrogens is 360 g/mol. The molecule has 28 heavy (non-hydrogen) atoms. The van der Waals surface area contributed by atoms with Crippen molar-refractivity contribution in [3.05, 3.63) is 41.5 Å².